The first-order valence-electron chi connectivity index (χ1n) is 8.31. The van der Waals surface area contributed by atoms with E-state index in [-0.39, 0.29) is 0 Å². The van der Waals surface area contributed by atoms with Crippen LogP contribution < -0.4 is 11.1 Å². The zero-order valence-electron chi connectivity index (χ0n) is 14.9. The molecule has 2 aromatic carbocycles. The number of hydrogen-bond donors (Lipinski definition) is 2. The van der Waals surface area contributed by atoms with Crippen molar-refractivity contribution in [3.8, 4) is 0 Å². The number of hydrogen-bond acceptors (Lipinski definition) is 7. The fourth-order valence-corrected chi connectivity index (χ4v) is 4.32. The maximum absolute atomic E-state index is 12.1. The molecule has 3 aromatic rings. The molecule has 9 heteroatoms. The molecule has 1 atom stereocenters. The number of aromatic nitrogens is 1. The first-order chi connectivity index (χ1) is 13.4. The van der Waals surface area contributed by atoms with E-state index in [0.717, 1.165) is 20.1 Å². The number of carbonyl (C=O) groups is 3. The summed E-state index contributed by atoms with van der Waals surface area (Å²) < 4.78 is 7.17. The van der Waals surface area contributed by atoms with Gasteiger partial charge in [-0.25, -0.2) is 14.6 Å². The number of carbonyl (C=O) groups excluding carboxylic acids is 3. The molecule has 0 saturated carbocycles. The maximum atomic E-state index is 12.1. The van der Waals surface area contributed by atoms with Crippen molar-refractivity contribution in [2.75, 3.05) is 0 Å². The highest BCUT2D eigenvalue weighted by atomic mass is 32.2. The second kappa shape index (κ2) is 8.85. The molecule has 1 aromatic heterocycles. The van der Waals surface area contributed by atoms with E-state index in [9.17, 15) is 14.4 Å². The van der Waals surface area contributed by atoms with Gasteiger partial charge in [-0.05, 0) is 36.8 Å². The third kappa shape index (κ3) is 5.08. The molecule has 0 bridgehead atoms. The van der Waals surface area contributed by atoms with Gasteiger partial charge in [0.05, 0.1) is 15.8 Å². The Hall–Kier alpha value is -2.91. The lowest BCUT2D eigenvalue weighted by atomic mass is 10.1. The minimum atomic E-state index is -1.13. The standard InChI is InChI=1S/C19H17N3O4S2/c1-11(16(23)22-18(20)25)26-17(24)13-8-6-12(7-9-13)10-27-19-21-14-4-2-3-5-15(14)28-19/h2-9,11H,10H2,1H3,(H3,20,22,23,25). The topological polar surface area (TPSA) is 111 Å². The number of thioether (sulfide) groups is 1. The van der Waals surface area contributed by atoms with Gasteiger partial charge < -0.3 is 10.5 Å². The van der Waals surface area contributed by atoms with Crippen LogP contribution in [0.4, 0.5) is 4.79 Å². The van der Waals surface area contributed by atoms with Crippen LogP contribution in [0.2, 0.25) is 0 Å². The van der Waals surface area contributed by atoms with Crippen molar-refractivity contribution in [3.63, 3.8) is 0 Å². The van der Waals surface area contributed by atoms with Crippen molar-refractivity contribution in [3.05, 3.63) is 59.7 Å². The summed E-state index contributed by atoms with van der Waals surface area (Å²) in [4.78, 5) is 38.9. The molecule has 28 heavy (non-hydrogen) atoms. The highest BCUT2D eigenvalue weighted by molar-refractivity contribution is 8.00. The second-order valence-electron chi connectivity index (χ2n) is 5.83. The molecule has 0 aliphatic heterocycles. The van der Waals surface area contributed by atoms with Crippen molar-refractivity contribution in [1.29, 1.82) is 0 Å². The van der Waals surface area contributed by atoms with E-state index >= 15 is 0 Å². The van der Waals surface area contributed by atoms with Gasteiger partial charge in [-0.1, -0.05) is 36.0 Å². The smallest absolute Gasteiger partial charge is 0.338 e. The number of primary amides is 1. The Bertz CT molecular complexity index is 984. The molecule has 0 aliphatic rings. The Labute approximate surface area is 169 Å². The van der Waals surface area contributed by atoms with Gasteiger partial charge in [0, 0.05) is 5.75 Å². The number of esters is 1. The zero-order chi connectivity index (χ0) is 20.1. The molecule has 0 saturated heterocycles. The average molecular weight is 415 g/mol. The average Bonchev–Trinajstić information content (AvgIpc) is 3.09. The summed E-state index contributed by atoms with van der Waals surface area (Å²) in [6, 6.07) is 13.9. The lowest BCUT2D eigenvalue weighted by molar-refractivity contribution is -0.127. The number of urea groups is 1. The van der Waals surface area contributed by atoms with E-state index < -0.39 is 24.0 Å². The Morgan fingerprint density at radius 2 is 1.89 bits per heavy atom. The largest absolute Gasteiger partial charge is 0.449 e. The number of nitrogens with zero attached hydrogens (tertiary/aromatic N) is 1. The van der Waals surface area contributed by atoms with Crippen LogP contribution in [0.5, 0.6) is 0 Å². The highest BCUT2D eigenvalue weighted by Crippen LogP contribution is 2.31. The highest BCUT2D eigenvalue weighted by Gasteiger charge is 2.20. The zero-order valence-corrected chi connectivity index (χ0v) is 16.5. The predicted octanol–water partition coefficient (Wildman–Crippen LogP) is 3.33. The number of nitrogens with one attached hydrogen (secondary N) is 1. The molecule has 7 nitrogen and oxygen atoms in total. The Kier molecular flexibility index (Phi) is 6.27. The minimum absolute atomic E-state index is 0.312. The van der Waals surface area contributed by atoms with Crippen molar-refractivity contribution < 1.29 is 19.1 Å². The molecule has 3 rings (SSSR count). The van der Waals surface area contributed by atoms with E-state index in [1.165, 1.54) is 6.92 Å². The molecule has 0 aliphatic carbocycles. The molecular weight excluding hydrogens is 398 g/mol. The van der Waals surface area contributed by atoms with Crippen LogP contribution in [-0.4, -0.2) is 29.0 Å². The van der Waals surface area contributed by atoms with Crippen molar-refractivity contribution in [2.45, 2.75) is 23.1 Å². The molecule has 0 radical (unpaired) electrons. The van der Waals surface area contributed by atoms with Gasteiger partial charge >= 0.3 is 12.0 Å². The van der Waals surface area contributed by atoms with Gasteiger partial charge in [0.25, 0.3) is 5.91 Å². The Balaban J connectivity index is 1.56. The lowest BCUT2D eigenvalue weighted by Crippen LogP contribution is -2.42. The van der Waals surface area contributed by atoms with Crippen molar-refractivity contribution in [2.24, 2.45) is 5.73 Å². The van der Waals surface area contributed by atoms with Crippen molar-refractivity contribution in [1.82, 2.24) is 10.3 Å². The number of benzene rings is 2. The number of fused-ring (bicyclic) bond motifs is 1. The minimum Gasteiger partial charge on any atom is -0.449 e. The van der Waals surface area contributed by atoms with E-state index in [1.54, 1.807) is 35.2 Å². The fraction of sp³-hybridized carbons (Fsp3) is 0.158. The van der Waals surface area contributed by atoms with Gasteiger partial charge in [-0.2, -0.15) is 0 Å². The molecule has 1 heterocycles. The van der Waals surface area contributed by atoms with Gasteiger partial charge in [-0.15, -0.1) is 11.3 Å². The summed E-state index contributed by atoms with van der Waals surface area (Å²) in [6.45, 7) is 1.36. The lowest BCUT2D eigenvalue weighted by Gasteiger charge is -2.12. The van der Waals surface area contributed by atoms with Crippen LogP contribution in [0.1, 0.15) is 22.8 Å². The summed E-state index contributed by atoms with van der Waals surface area (Å²) in [6.07, 6.45) is -1.13. The Morgan fingerprint density at radius 1 is 1.18 bits per heavy atom. The monoisotopic (exact) mass is 415 g/mol. The number of imide groups is 1. The van der Waals surface area contributed by atoms with Gasteiger partial charge in [0.1, 0.15) is 0 Å². The van der Waals surface area contributed by atoms with Gasteiger partial charge in [-0.3, -0.25) is 10.1 Å². The number of thiazole rings is 1. The molecule has 3 N–H and O–H groups in total. The molecule has 3 amide bonds. The van der Waals surface area contributed by atoms with Crippen LogP contribution in [0.15, 0.2) is 52.9 Å². The van der Waals surface area contributed by atoms with E-state index in [4.69, 9.17) is 10.5 Å². The summed E-state index contributed by atoms with van der Waals surface area (Å²) >= 11 is 3.27. The third-order valence-corrected chi connectivity index (χ3v) is 5.98. The molecule has 0 fully saturated rings. The fourth-order valence-electron chi connectivity index (χ4n) is 2.30. The van der Waals surface area contributed by atoms with Crippen LogP contribution in [0, 0.1) is 0 Å². The Morgan fingerprint density at radius 3 is 2.57 bits per heavy atom. The van der Waals surface area contributed by atoms with Gasteiger partial charge in [0.15, 0.2) is 10.4 Å². The van der Waals surface area contributed by atoms with E-state index in [2.05, 4.69) is 4.98 Å². The van der Waals surface area contributed by atoms with E-state index in [1.807, 2.05) is 41.7 Å². The second-order valence-corrected chi connectivity index (χ2v) is 8.09. The number of para-hydroxylation sites is 1. The predicted molar refractivity (Wildman–Crippen MR) is 108 cm³/mol. The molecular formula is C19H17N3O4S2. The third-order valence-electron chi connectivity index (χ3n) is 3.73. The number of amides is 3. The number of ether oxygens (including phenoxy) is 1. The van der Waals surface area contributed by atoms with Crippen LogP contribution >= 0.6 is 23.1 Å². The number of rotatable bonds is 6. The number of nitrogens with two attached hydrogens (primary N) is 1. The molecule has 1 unspecified atom stereocenters. The quantitative estimate of drug-likeness (QED) is 0.472. The molecule has 0 spiro atoms. The first kappa shape index (κ1) is 19.8. The van der Waals surface area contributed by atoms with Gasteiger partial charge in [0.2, 0.25) is 0 Å². The maximum Gasteiger partial charge on any atom is 0.338 e. The molecule has 144 valence electrons. The van der Waals surface area contributed by atoms with Crippen LogP contribution in [0.3, 0.4) is 0 Å². The van der Waals surface area contributed by atoms with Crippen LogP contribution in [-0.2, 0) is 15.3 Å². The summed E-state index contributed by atoms with van der Waals surface area (Å²) in [5.41, 5.74) is 7.19. The van der Waals surface area contributed by atoms with Crippen LogP contribution in [0.25, 0.3) is 10.2 Å². The van der Waals surface area contributed by atoms with E-state index in [0.29, 0.717) is 11.3 Å². The summed E-state index contributed by atoms with van der Waals surface area (Å²) in [5.74, 6) is -0.714. The summed E-state index contributed by atoms with van der Waals surface area (Å²) in [5, 5.41) is 1.87. The SMILES string of the molecule is CC(OC(=O)c1ccc(CSc2nc3ccccc3s2)cc1)C(=O)NC(N)=O. The van der Waals surface area contributed by atoms with Crippen molar-refractivity contribution >= 4 is 51.2 Å². The summed E-state index contributed by atoms with van der Waals surface area (Å²) in [7, 11) is 0. The normalized spacial score (nSPS) is 11.8. The first-order valence-corrected chi connectivity index (χ1v) is 10.1.